The molecule has 0 N–H and O–H groups in total. The molecule has 0 aliphatic carbocycles. The third-order valence-corrected chi connectivity index (χ3v) is 0.963. The lowest BCUT2D eigenvalue weighted by atomic mass is 10.6. The van der Waals surface area contributed by atoms with Crippen molar-refractivity contribution in [3.05, 3.63) is 0 Å². The van der Waals surface area contributed by atoms with Crippen molar-refractivity contribution in [2.75, 3.05) is 7.05 Å². The molecule has 0 aromatic heterocycles. The quantitative estimate of drug-likeness (QED) is 0.360. The second kappa shape index (κ2) is 4.85. The van der Waals surface area contributed by atoms with Crippen LogP contribution in [0.5, 0.6) is 0 Å². The van der Waals surface area contributed by atoms with Crippen molar-refractivity contribution in [3.8, 4) is 0 Å². The molecular weight excluding hydrogens is 126 g/mol. The van der Waals surface area contributed by atoms with Crippen molar-refractivity contribution in [2.45, 2.75) is 20.8 Å². The topological polar surface area (TPSA) is 37.1 Å². The van der Waals surface area contributed by atoms with Crippen LogP contribution in [0.2, 0.25) is 0 Å². The van der Waals surface area contributed by atoms with Gasteiger partial charge >= 0.3 is 0 Å². The second-order valence-electron chi connectivity index (χ2n) is 1.82. The fourth-order valence-electron chi connectivity index (χ4n) is 0.500. The van der Waals surface area contributed by atoms with E-state index in [9.17, 15) is 0 Å². The molecule has 0 aliphatic rings. The molecule has 0 fully saturated rings. The zero-order chi connectivity index (χ0) is 7.98. The standard InChI is InChI=1S/C7H13N3/c1-5-9-7(3)10-6(2)8-4/h5H,1-4H3/b8-6-,9-5+,10-7-. The summed E-state index contributed by atoms with van der Waals surface area (Å²) in [6.45, 7) is 5.54. The van der Waals surface area contributed by atoms with Crippen molar-refractivity contribution < 1.29 is 0 Å². The minimum absolute atomic E-state index is 0.741. The van der Waals surface area contributed by atoms with Gasteiger partial charge in [-0.2, -0.15) is 0 Å². The Morgan fingerprint density at radius 3 is 2.20 bits per heavy atom. The molecule has 0 aromatic carbocycles. The zero-order valence-corrected chi connectivity index (χ0v) is 6.92. The predicted octanol–water partition coefficient (Wildman–Crippen LogP) is 1.54. The normalized spacial score (nSPS) is 14.8. The Morgan fingerprint density at radius 2 is 1.80 bits per heavy atom. The van der Waals surface area contributed by atoms with Gasteiger partial charge in [-0.05, 0) is 20.8 Å². The zero-order valence-electron chi connectivity index (χ0n) is 6.92. The lowest BCUT2D eigenvalue weighted by molar-refractivity contribution is 1.36. The Hall–Kier alpha value is -0.990. The highest BCUT2D eigenvalue weighted by Gasteiger charge is 1.84. The SMILES string of the molecule is C/C=N/C(C)=N\C(C)=N/C. The minimum atomic E-state index is 0.741. The van der Waals surface area contributed by atoms with Crippen LogP contribution in [0.4, 0.5) is 0 Å². The Labute approximate surface area is 61.6 Å². The van der Waals surface area contributed by atoms with E-state index >= 15 is 0 Å². The third-order valence-electron chi connectivity index (χ3n) is 0.963. The summed E-state index contributed by atoms with van der Waals surface area (Å²) in [7, 11) is 1.71. The first-order valence-corrected chi connectivity index (χ1v) is 3.18. The number of hydrogen-bond acceptors (Lipinski definition) is 1. The predicted molar refractivity (Wildman–Crippen MR) is 46.3 cm³/mol. The second-order valence-corrected chi connectivity index (χ2v) is 1.82. The van der Waals surface area contributed by atoms with E-state index in [-0.39, 0.29) is 0 Å². The maximum absolute atomic E-state index is 4.05. The van der Waals surface area contributed by atoms with Crippen LogP contribution < -0.4 is 0 Å². The molecule has 0 spiro atoms. The first kappa shape index (κ1) is 9.01. The Kier molecular flexibility index (Phi) is 4.37. The number of amidine groups is 2. The van der Waals surface area contributed by atoms with Gasteiger partial charge in [-0.15, -0.1) is 0 Å². The number of hydrogen-bond donors (Lipinski definition) is 0. The van der Waals surface area contributed by atoms with Crippen LogP contribution in [0.25, 0.3) is 0 Å². The molecule has 0 aliphatic heterocycles. The summed E-state index contributed by atoms with van der Waals surface area (Å²) in [6, 6.07) is 0. The van der Waals surface area contributed by atoms with Gasteiger partial charge in [0.1, 0.15) is 11.7 Å². The summed E-state index contributed by atoms with van der Waals surface area (Å²) in [6.07, 6.45) is 1.71. The van der Waals surface area contributed by atoms with Gasteiger partial charge in [0.15, 0.2) is 0 Å². The van der Waals surface area contributed by atoms with Crippen molar-refractivity contribution >= 4 is 17.9 Å². The van der Waals surface area contributed by atoms with Gasteiger partial charge in [0.25, 0.3) is 0 Å². The fraction of sp³-hybridized carbons (Fsp3) is 0.571. The van der Waals surface area contributed by atoms with E-state index in [4.69, 9.17) is 0 Å². The highest BCUT2D eigenvalue weighted by Crippen LogP contribution is 1.82. The van der Waals surface area contributed by atoms with Crippen LogP contribution in [-0.4, -0.2) is 24.9 Å². The van der Waals surface area contributed by atoms with Crippen LogP contribution in [0.15, 0.2) is 15.0 Å². The molecule has 56 valence electrons. The molecule has 0 amide bonds. The summed E-state index contributed by atoms with van der Waals surface area (Å²) in [4.78, 5) is 11.9. The highest BCUT2D eigenvalue weighted by atomic mass is 15.0. The molecule has 3 nitrogen and oxygen atoms in total. The molecule has 0 saturated carbocycles. The maximum Gasteiger partial charge on any atom is 0.126 e. The number of aliphatic imine (C=N–C) groups is 3. The lowest BCUT2D eigenvalue weighted by Crippen LogP contribution is -1.92. The molecule has 0 unspecified atom stereocenters. The van der Waals surface area contributed by atoms with E-state index in [0.717, 1.165) is 11.7 Å². The minimum Gasteiger partial charge on any atom is -0.274 e. The number of nitrogens with zero attached hydrogens (tertiary/aromatic N) is 3. The smallest absolute Gasteiger partial charge is 0.126 e. The Morgan fingerprint density at radius 1 is 1.20 bits per heavy atom. The Bertz CT molecular complexity index is 177. The van der Waals surface area contributed by atoms with E-state index < -0.39 is 0 Å². The van der Waals surface area contributed by atoms with Crippen LogP contribution in [0.3, 0.4) is 0 Å². The van der Waals surface area contributed by atoms with Gasteiger partial charge in [0.2, 0.25) is 0 Å². The fourth-order valence-corrected chi connectivity index (χ4v) is 0.500. The summed E-state index contributed by atoms with van der Waals surface area (Å²) in [5, 5.41) is 0. The van der Waals surface area contributed by atoms with Crippen LogP contribution in [0, 0.1) is 0 Å². The molecule has 0 radical (unpaired) electrons. The average molecular weight is 139 g/mol. The molecule has 3 heteroatoms. The monoisotopic (exact) mass is 139 g/mol. The van der Waals surface area contributed by atoms with E-state index in [1.807, 2.05) is 20.8 Å². The van der Waals surface area contributed by atoms with Crippen LogP contribution in [-0.2, 0) is 0 Å². The number of rotatable bonds is 0. The molecule has 0 atom stereocenters. The van der Waals surface area contributed by atoms with Crippen molar-refractivity contribution in [3.63, 3.8) is 0 Å². The lowest BCUT2D eigenvalue weighted by Gasteiger charge is -1.89. The van der Waals surface area contributed by atoms with Crippen LogP contribution >= 0.6 is 0 Å². The molecule has 10 heavy (non-hydrogen) atoms. The van der Waals surface area contributed by atoms with Gasteiger partial charge in [-0.25, -0.2) is 9.98 Å². The van der Waals surface area contributed by atoms with Crippen molar-refractivity contribution in [1.82, 2.24) is 0 Å². The molecule has 0 saturated heterocycles. The highest BCUT2D eigenvalue weighted by molar-refractivity contribution is 5.97. The van der Waals surface area contributed by atoms with E-state index in [1.165, 1.54) is 0 Å². The van der Waals surface area contributed by atoms with Gasteiger partial charge < -0.3 is 0 Å². The average Bonchev–Trinajstić information content (AvgIpc) is 1.88. The van der Waals surface area contributed by atoms with E-state index in [1.54, 1.807) is 13.3 Å². The summed E-state index contributed by atoms with van der Waals surface area (Å²) >= 11 is 0. The van der Waals surface area contributed by atoms with Crippen molar-refractivity contribution in [1.29, 1.82) is 0 Å². The first-order chi connectivity index (χ1) is 4.70. The largest absolute Gasteiger partial charge is 0.274 e. The van der Waals surface area contributed by atoms with Crippen molar-refractivity contribution in [2.24, 2.45) is 15.0 Å². The van der Waals surface area contributed by atoms with Gasteiger partial charge in [-0.3, -0.25) is 4.99 Å². The molecule has 0 bridgehead atoms. The summed E-state index contributed by atoms with van der Waals surface area (Å²) < 4.78 is 0. The van der Waals surface area contributed by atoms with E-state index in [2.05, 4.69) is 15.0 Å². The third kappa shape index (κ3) is 3.95. The molecule has 0 heterocycles. The Balaban J connectivity index is 4.16. The summed E-state index contributed by atoms with van der Waals surface area (Å²) in [5.74, 6) is 1.49. The van der Waals surface area contributed by atoms with Gasteiger partial charge in [0, 0.05) is 13.3 Å². The van der Waals surface area contributed by atoms with Gasteiger partial charge in [0.05, 0.1) is 0 Å². The molecular formula is C7H13N3. The van der Waals surface area contributed by atoms with E-state index in [0.29, 0.717) is 0 Å². The van der Waals surface area contributed by atoms with Gasteiger partial charge in [-0.1, -0.05) is 0 Å². The summed E-state index contributed by atoms with van der Waals surface area (Å²) in [5.41, 5.74) is 0. The molecule has 0 rings (SSSR count). The first-order valence-electron chi connectivity index (χ1n) is 3.18. The molecule has 0 aromatic rings. The maximum atomic E-state index is 4.05. The van der Waals surface area contributed by atoms with Crippen LogP contribution in [0.1, 0.15) is 20.8 Å².